The van der Waals surface area contributed by atoms with Gasteiger partial charge in [0.05, 0.1) is 35.8 Å². The van der Waals surface area contributed by atoms with E-state index >= 15 is 0 Å². The molecule has 1 aliphatic carbocycles. The number of nitrogens with one attached hydrogen (secondary N) is 2. The van der Waals surface area contributed by atoms with Crippen LogP contribution in [-0.2, 0) is 31.4 Å². The average Bonchev–Trinajstić information content (AvgIpc) is 2.93. The van der Waals surface area contributed by atoms with E-state index in [2.05, 4.69) is 10.6 Å². The molecular weight excluding hydrogens is 598 g/mol. The first-order valence-electron chi connectivity index (χ1n) is 13.7. The number of hydrogen-bond acceptors (Lipinski definition) is 6. The van der Waals surface area contributed by atoms with Crippen LogP contribution in [0.15, 0.2) is 48.5 Å². The largest absolute Gasteiger partial charge is 0.462 e. The van der Waals surface area contributed by atoms with Gasteiger partial charge in [0.15, 0.2) is 0 Å². The van der Waals surface area contributed by atoms with E-state index in [1.807, 2.05) is 0 Å². The molecule has 0 unspecified atom stereocenters. The second-order valence-electron chi connectivity index (χ2n) is 11.4. The SMILES string of the molecule is CC(C)(C)OC(=O)[C@@H]1CC[C@H](NC(=O)CNC(=O)c2cccc(C(F)(F)F)c2)[C@H](COC(=O)c2cccc(C(F)(F)F)c2)C1. The summed E-state index contributed by atoms with van der Waals surface area (Å²) in [4.78, 5) is 50.4. The predicted molar refractivity (Wildman–Crippen MR) is 144 cm³/mol. The summed E-state index contributed by atoms with van der Waals surface area (Å²) in [7, 11) is 0. The molecule has 1 fully saturated rings. The lowest BCUT2D eigenvalue weighted by Crippen LogP contribution is -2.49. The molecule has 0 radical (unpaired) electrons. The molecule has 2 aromatic rings. The third-order valence-electron chi connectivity index (χ3n) is 6.78. The van der Waals surface area contributed by atoms with Gasteiger partial charge >= 0.3 is 24.3 Å². The Morgan fingerprint density at radius 3 is 1.98 bits per heavy atom. The maximum atomic E-state index is 13.1. The Balaban J connectivity index is 1.67. The minimum absolute atomic E-state index is 0.117. The van der Waals surface area contributed by atoms with E-state index in [4.69, 9.17) is 9.47 Å². The van der Waals surface area contributed by atoms with E-state index in [0.29, 0.717) is 18.6 Å². The second kappa shape index (κ2) is 13.7. The molecule has 1 aliphatic rings. The molecule has 0 aromatic heterocycles. The Kier molecular flexibility index (Phi) is 10.7. The van der Waals surface area contributed by atoms with E-state index in [1.165, 1.54) is 0 Å². The van der Waals surface area contributed by atoms with E-state index in [-0.39, 0.29) is 30.6 Å². The van der Waals surface area contributed by atoms with E-state index in [0.717, 1.165) is 36.4 Å². The quantitative estimate of drug-likeness (QED) is 0.292. The number of halogens is 6. The molecule has 2 amide bonds. The molecule has 1 saturated carbocycles. The van der Waals surface area contributed by atoms with Crippen LogP contribution in [0.1, 0.15) is 71.9 Å². The number of benzene rings is 2. The molecule has 0 heterocycles. The number of rotatable bonds is 8. The fraction of sp³-hybridized carbons (Fsp3) is 0.467. The third kappa shape index (κ3) is 9.98. The summed E-state index contributed by atoms with van der Waals surface area (Å²) in [5.74, 6) is -4.40. The molecule has 3 atom stereocenters. The van der Waals surface area contributed by atoms with Crippen LogP contribution in [0.2, 0.25) is 0 Å². The van der Waals surface area contributed by atoms with Crippen LogP contribution < -0.4 is 10.6 Å². The van der Waals surface area contributed by atoms with Crippen LogP contribution in [0.25, 0.3) is 0 Å². The maximum absolute atomic E-state index is 13.1. The molecule has 8 nitrogen and oxygen atoms in total. The van der Waals surface area contributed by atoms with E-state index in [9.17, 15) is 45.5 Å². The number of esters is 2. The highest BCUT2D eigenvalue weighted by Crippen LogP contribution is 2.33. The number of amides is 2. The average molecular weight is 631 g/mol. The van der Waals surface area contributed by atoms with Crippen molar-refractivity contribution in [3.05, 3.63) is 70.8 Å². The van der Waals surface area contributed by atoms with Gasteiger partial charge in [-0.15, -0.1) is 0 Å². The minimum Gasteiger partial charge on any atom is -0.462 e. The molecule has 2 N–H and O–H groups in total. The minimum atomic E-state index is -4.67. The predicted octanol–water partition coefficient (Wildman–Crippen LogP) is 5.55. The van der Waals surface area contributed by atoms with Crippen molar-refractivity contribution in [3.63, 3.8) is 0 Å². The zero-order valence-corrected chi connectivity index (χ0v) is 24.1. The van der Waals surface area contributed by atoms with Gasteiger partial charge in [-0.25, -0.2) is 4.79 Å². The van der Waals surface area contributed by atoms with Gasteiger partial charge in [0.2, 0.25) is 5.91 Å². The lowest BCUT2D eigenvalue weighted by molar-refractivity contribution is -0.162. The molecule has 240 valence electrons. The van der Waals surface area contributed by atoms with Crippen molar-refractivity contribution in [2.24, 2.45) is 11.8 Å². The Hall–Kier alpha value is -4.10. The molecule has 44 heavy (non-hydrogen) atoms. The summed E-state index contributed by atoms with van der Waals surface area (Å²) >= 11 is 0. The Morgan fingerprint density at radius 1 is 0.841 bits per heavy atom. The molecule has 0 saturated heterocycles. The zero-order valence-electron chi connectivity index (χ0n) is 24.1. The first-order chi connectivity index (χ1) is 20.3. The molecule has 2 aromatic carbocycles. The summed E-state index contributed by atoms with van der Waals surface area (Å²) in [6, 6.07) is 6.70. The highest BCUT2D eigenvalue weighted by Gasteiger charge is 2.38. The topological polar surface area (TPSA) is 111 Å². The van der Waals surface area contributed by atoms with Crippen LogP contribution in [0, 0.1) is 11.8 Å². The Bertz CT molecular complexity index is 1370. The number of hydrogen-bond donors (Lipinski definition) is 2. The smallest absolute Gasteiger partial charge is 0.416 e. The van der Waals surface area contributed by atoms with Gasteiger partial charge in [-0.3, -0.25) is 14.4 Å². The van der Waals surface area contributed by atoms with Crippen molar-refractivity contribution in [2.75, 3.05) is 13.2 Å². The van der Waals surface area contributed by atoms with Crippen LogP contribution in [-0.4, -0.2) is 48.5 Å². The van der Waals surface area contributed by atoms with Gasteiger partial charge in [0, 0.05) is 17.5 Å². The first kappa shape index (κ1) is 34.4. The zero-order chi connectivity index (χ0) is 32.9. The molecule has 0 aliphatic heterocycles. The summed E-state index contributed by atoms with van der Waals surface area (Å²) in [5.41, 5.74) is -3.47. The third-order valence-corrected chi connectivity index (χ3v) is 6.78. The first-order valence-corrected chi connectivity index (χ1v) is 13.7. The highest BCUT2D eigenvalue weighted by molar-refractivity contribution is 5.96. The van der Waals surface area contributed by atoms with E-state index < -0.39 is 77.3 Å². The summed E-state index contributed by atoms with van der Waals surface area (Å²) in [6.45, 7) is 4.14. The van der Waals surface area contributed by atoms with Gasteiger partial charge < -0.3 is 20.1 Å². The van der Waals surface area contributed by atoms with Crippen LogP contribution >= 0.6 is 0 Å². The second-order valence-corrected chi connectivity index (χ2v) is 11.4. The van der Waals surface area contributed by atoms with Gasteiger partial charge in [-0.05, 0) is 76.4 Å². The standard InChI is InChI=1S/C30H32F6N2O6/c1-28(2,3)44-27(42)19-10-11-23(20(12-19)16-43-26(41)18-7-5-9-22(14-18)30(34,35)36)38-24(39)15-37-25(40)17-6-4-8-21(13-17)29(31,32)33/h4-9,13-14,19-20,23H,10-12,15-16H2,1-3H3,(H,37,40)(H,38,39)/t19-,20+,23+/m1/s1. The molecule has 0 bridgehead atoms. The van der Waals surface area contributed by atoms with Crippen molar-refractivity contribution in [3.8, 4) is 0 Å². The summed E-state index contributed by atoms with van der Waals surface area (Å²) in [6.07, 6.45) is -8.68. The van der Waals surface area contributed by atoms with E-state index in [1.54, 1.807) is 20.8 Å². The van der Waals surface area contributed by atoms with Gasteiger partial charge in [0.25, 0.3) is 5.91 Å². The van der Waals surface area contributed by atoms with Crippen LogP contribution in [0.5, 0.6) is 0 Å². The van der Waals surface area contributed by atoms with Crippen molar-refractivity contribution >= 4 is 23.8 Å². The molecule has 0 spiro atoms. The molecular formula is C30H32F6N2O6. The van der Waals surface area contributed by atoms with Gasteiger partial charge in [0.1, 0.15) is 5.60 Å². The summed E-state index contributed by atoms with van der Waals surface area (Å²) < 4.78 is 88.9. The monoisotopic (exact) mass is 630 g/mol. The number of ether oxygens (including phenoxy) is 2. The van der Waals surface area contributed by atoms with Crippen molar-refractivity contribution in [2.45, 2.75) is 64.0 Å². The fourth-order valence-corrected chi connectivity index (χ4v) is 4.68. The fourth-order valence-electron chi connectivity index (χ4n) is 4.68. The number of carbonyl (C=O) groups excluding carboxylic acids is 4. The number of carbonyl (C=O) groups is 4. The lowest BCUT2D eigenvalue weighted by Gasteiger charge is -2.36. The molecule has 3 rings (SSSR count). The van der Waals surface area contributed by atoms with Gasteiger partial charge in [-0.1, -0.05) is 12.1 Å². The highest BCUT2D eigenvalue weighted by atomic mass is 19.4. The van der Waals surface area contributed by atoms with Crippen LogP contribution in [0.3, 0.4) is 0 Å². The number of alkyl halides is 6. The molecule has 14 heteroatoms. The normalized spacial score (nSPS) is 19.1. The summed E-state index contributed by atoms with van der Waals surface area (Å²) in [5, 5.41) is 4.94. The van der Waals surface area contributed by atoms with Crippen molar-refractivity contribution in [1.29, 1.82) is 0 Å². The maximum Gasteiger partial charge on any atom is 0.416 e. The van der Waals surface area contributed by atoms with Crippen molar-refractivity contribution in [1.82, 2.24) is 10.6 Å². The van der Waals surface area contributed by atoms with Crippen molar-refractivity contribution < 1.29 is 55.0 Å². The Morgan fingerprint density at radius 2 is 1.41 bits per heavy atom. The van der Waals surface area contributed by atoms with Gasteiger partial charge in [-0.2, -0.15) is 26.3 Å². The van der Waals surface area contributed by atoms with Crippen LogP contribution in [0.4, 0.5) is 26.3 Å². The Labute approximate surface area is 249 Å². The lowest BCUT2D eigenvalue weighted by atomic mass is 9.78.